The number of aromatic nitrogens is 3. The number of rotatable bonds is 5. The minimum absolute atomic E-state index is 0.232. The Hall–Kier alpha value is -2.37. The number of aryl methyl sites for hydroxylation is 3. The van der Waals surface area contributed by atoms with Crippen molar-refractivity contribution in [2.45, 2.75) is 20.3 Å². The Morgan fingerprint density at radius 2 is 2.20 bits per heavy atom. The molecule has 2 aromatic heterocycles. The molecule has 2 aromatic rings. The molecule has 20 heavy (non-hydrogen) atoms. The second-order valence-corrected chi connectivity index (χ2v) is 4.71. The lowest BCUT2D eigenvalue weighted by atomic mass is 10.1. The molecule has 0 aliphatic carbocycles. The number of carboxylic acid groups (broad SMARTS) is 1. The first-order valence-electron chi connectivity index (χ1n) is 6.40. The summed E-state index contributed by atoms with van der Waals surface area (Å²) in [6.45, 7) is 4.18. The van der Waals surface area contributed by atoms with E-state index in [1.54, 1.807) is 19.2 Å². The number of hydrogen-bond acceptors (Lipinski definition) is 4. The Morgan fingerprint density at radius 3 is 2.80 bits per heavy atom. The van der Waals surface area contributed by atoms with Gasteiger partial charge < -0.3 is 15.0 Å². The molecule has 6 nitrogen and oxygen atoms in total. The molecule has 2 heterocycles. The number of carbonyl (C=O) groups is 1. The van der Waals surface area contributed by atoms with Crippen LogP contribution in [0.5, 0.6) is 0 Å². The minimum atomic E-state index is -0.963. The van der Waals surface area contributed by atoms with Crippen molar-refractivity contribution in [3.05, 3.63) is 41.2 Å². The fourth-order valence-corrected chi connectivity index (χ4v) is 2.18. The molecular weight excluding hydrogens is 256 g/mol. The molecular formula is C14H18N4O2. The lowest BCUT2D eigenvalue weighted by molar-refractivity contribution is 0.0696. The fourth-order valence-electron chi connectivity index (χ4n) is 2.18. The molecule has 0 aliphatic heterocycles. The monoisotopic (exact) mass is 274 g/mol. The first-order chi connectivity index (χ1) is 9.49. The van der Waals surface area contributed by atoms with Crippen molar-refractivity contribution in [3.8, 4) is 0 Å². The van der Waals surface area contributed by atoms with Crippen molar-refractivity contribution in [2.24, 2.45) is 7.05 Å². The van der Waals surface area contributed by atoms with Crippen LogP contribution in [0.1, 0.15) is 27.6 Å². The van der Waals surface area contributed by atoms with Crippen LogP contribution < -0.4 is 5.32 Å². The third-order valence-electron chi connectivity index (χ3n) is 3.13. The number of nitrogens with one attached hydrogen (secondary N) is 1. The number of imidazole rings is 1. The van der Waals surface area contributed by atoms with Crippen molar-refractivity contribution >= 4 is 11.7 Å². The highest BCUT2D eigenvalue weighted by Gasteiger charge is 2.15. The molecule has 0 bridgehead atoms. The van der Waals surface area contributed by atoms with Crippen LogP contribution in [0.4, 0.5) is 5.69 Å². The van der Waals surface area contributed by atoms with Gasteiger partial charge in [-0.05, 0) is 19.9 Å². The second-order valence-electron chi connectivity index (χ2n) is 4.71. The van der Waals surface area contributed by atoms with Crippen molar-refractivity contribution in [1.29, 1.82) is 0 Å². The van der Waals surface area contributed by atoms with Crippen LogP contribution in [0, 0.1) is 13.8 Å². The largest absolute Gasteiger partial charge is 0.478 e. The predicted octanol–water partition coefficient (Wildman–Crippen LogP) is 1.78. The summed E-state index contributed by atoms with van der Waals surface area (Å²) in [6, 6.07) is 1.76. The summed E-state index contributed by atoms with van der Waals surface area (Å²) < 4.78 is 1.95. The van der Waals surface area contributed by atoms with Gasteiger partial charge in [0, 0.05) is 38.1 Å². The summed E-state index contributed by atoms with van der Waals surface area (Å²) in [5.74, 6) is -0.00799. The smallest absolute Gasteiger partial charge is 0.339 e. The lowest BCUT2D eigenvalue weighted by Gasteiger charge is -2.12. The number of anilines is 1. The van der Waals surface area contributed by atoms with Crippen molar-refractivity contribution in [3.63, 3.8) is 0 Å². The van der Waals surface area contributed by atoms with Gasteiger partial charge in [-0.3, -0.25) is 4.98 Å². The molecule has 106 valence electrons. The van der Waals surface area contributed by atoms with E-state index < -0.39 is 5.97 Å². The van der Waals surface area contributed by atoms with Gasteiger partial charge in [-0.1, -0.05) is 0 Å². The summed E-state index contributed by atoms with van der Waals surface area (Å²) in [5.41, 5.74) is 2.16. The molecule has 0 aliphatic rings. The number of hydrogen-bond donors (Lipinski definition) is 2. The molecule has 0 fully saturated rings. The van der Waals surface area contributed by atoms with E-state index in [0.29, 0.717) is 17.9 Å². The zero-order valence-corrected chi connectivity index (χ0v) is 11.8. The van der Waals surface area contributed by atoms with E-state index in [9.17, 15) is 9.90 Å². The van der Waals surface area contributed by atoms with Crippen LogP contribution in [0.3, 0.4) is 0 Å². The summed E-state index contributed by atoms with van der Waals surface area (Å²) in [7, 11) is 1.94. The molecule has 0 radical (unpaired) electrons. The van der Waals surface area contributed by atoms with E-state index in [1.807, 2.05) is 24.7 Å². The number of pyridine rings is 1. The van der Waals surface area contributed by atoms with Crippen LogP contribution >= 0.6 is 0 Å². The van der Waals surface area contributed by atoms with E-state index in [2.05, 4.69) is 15.3 Å². The van der Waals surface area contributed by atoms with Gasteiger partial charge in [0.1, 0.15) is 11.4 Å². The standard InChI is InChI=1S/C14H18N4O2/c1-9-8-11(13(14(19)20)10(2)17-9)15-5-4-12-16-6-7-18(12)3/h6-8H,4-5H2,1-3H3,(H,15,17)(H,19,20). The number of carboxylic acids is 1. The maximum Gasteiger partial charge on any atom is 0.339 e. The highest BCUT2D eigenvalue weighted by Crippen LogP contribution is 2.19. The van der Waals surface area contributed by atoms with Crippen LogP contribution in [0.2, 0.25) is 0 Å². The molecule has 0 atom stereocenters. The fraction of sp³-hybridized carbons (Fsp3) is 0.357. The Kier molecular flexibility index (Phi) is 4.02. The SMILES string of the molecule is Cc1cc(NCCc2nccn2C)c(C(=O)O)c(C)n1. The maximum absolute atomic E-state index is 11.3. The average Bonchev–Trinajstić information content (AvgIpc) is 2.73. The molecule has 6 heteroatoms. The van der Waals surface area contributed by atoms with Gasteiger partial charge in [0.15, 0.2) is 0 Å². The molecule has 0 unspecified atom stereocenters. The quantitative estimate of drug-likeness (QED) is 0.868. The van der Waals surface area contributed by atoms with Crippen LogP contribution in [-0.2, 0) is 13.5 Å². The third kappa shape index (κ3) is 2.96. The van der Waals surface area contributed by atoms with Crippen molar-refractivity contribution in [1.82, 2.24) is 14.5 Å². The zero-order chi connectivity index (χ0) is 14.7. The summed E-state index contributed by atoms with van der Waals surface area (Å²) in [6.07, 6.45) is 4.36. The van der Waals surface area contributed by atoms with Gasteiger partial charge in [0.05, 0.1) is 11.4 Å². The van der Waals surface area contributed by atoms with Gasteiger partial charge in [-0.2, -0.15) is 0 Å². The van der Waals surface area contributed by atoms with E-state index in [1.165, 1.54) is 0 Å². The predicted molar refractivity (Wildman–Crippen MR) is 76.1 cm³/mol. The topological polar surface area (TPSA) is 80.0 Å². The molecule has 0 saturated heterocycles. The van der Waals surface area contributed by atoms with Crippen molar-refractivity contribution in [2.75, 3.05) is 11.9 Å². The summed E-state index contributed by atoms with van der Waals surface area (Å²) in [5, 5.41) is 12.4. The molecule has 0 aromatic carbocycles. The maximum atomic E-state index is 11.3. The summed E-state index contributed by atoms with van der Waals surface area (Å²) >= 11 is 0. The van der Waals surface area contributed by atoms with Gasteiger partial charge in [0.25, 0.3) is 0 Å². The van der Waals surface area contributed by atoms with E-state index in [-0.39, 0.29) is 5.56 Å². The van der Waals surface area contributed by atoms with E-state index >= 15 is 0 Å². The normalized spacial score (nSPS) is 10.6. The molecule has 2 rings (SSSR count). The molecule has 2 N–H and O–H groups in total. The van der Waals surface area contributed by atoms with Gasteiger partial charge >= 0.3 is 5.97 Å². The molecule has 0 saturated carbocycles. The van der Waals surface area contributed by atoms with Crippen LogP contribution in [0.25, 0.3) is 0 Å². The average molecular weight is 274 g/mol. The first kappa shape index (κ1) is 14.0. The second kappa shape index (κ2) is 5.73. The van der Waals surface area contributed by atoms with Gasteiger partial charge in [0.2, 0.25) is 0 Å². The molecule has 0 spiro atoms. The highest BCUT2D eigenvalue weighted by atomic mass is 16.4. The van der Waals surface area contributed by atoms with Crippen LogP contribution in [-0.4, -0.2) is 32.2 Å². The van der Waals surface area contributed by atoms with E-state index in [4.69, 9.17) is 0 Å². The summed E-state index contributed by atoms with van der Waals surface area (Å²) in [4.78, 5) is 19.7. The van der Waals surface area contributed by atoms with E-state index in [0.717, 1.165) is 17.9 Å². The first-order valence-corrected chi connectivity index (χ1v) is 6.40. The van der Waals surface area contributed by atoms with Crippen molar-refractivity contribution < 1.29 is 9.90 Å². The van der Waals surface area contributed by atoms with Crippen LogP contribution in [0.15, 0.2) is 18.5 Å². The minimum Gasteiger partial charge on any atom is -0.478 e. The lowest BCUT2D eigenvalue weighted by Crippen LogP contribution is -2.13. The third-order valence-corrected chi connectivity index (χ3v) is 3.13. The molecule has 0 amide bonds. The number of aromatic carboxylic acids is 1. The number of nitrogens with zero attached hydrogens (tertiary/aromatic N) is 3. The Morgan fingerprint density at radius 1 is 1.45 bits per heavy atom. The van der Waals surface area contributed by atoms with Gasteiger partial charge in [-0.15, -0.1) is 0 Å². The Bertz CT molecular complexity index is 634. The highest BCUT2D eigenvalue weighted by molar-refractivity contribution is 5.95. The Labute approximate surface area is 117 Å². The zero-order valence-electron chi connectivity index (χ0n) is 11.8. The Balaban J connectivity index is 2.13. The van der Waals surface area contributed by atoms with Gasteiger partial charge in [-0.25, -0.2) is 9.78 Å².